The summed E-state index contributed by atoms with van der Waals surface area (Å²) in [5.41, 5.74) is -1.73. The number of hydrogen-bond donors (Lipinski definition) is 0. The molecular formula is C5H9F3. The first-order valence-corrected chi connectivity index (χ1v) is 2.39. The molecule has 0 saturated carbocycles. The summed E-state index contributed by atoms with van der Waals surface area (Å²) in [6.07, 6.45) is -3.21. The van der Waals surface area contributed by atoms with Gasteiger partial charge in [0.25, 0.3) is 0 Å². The Morgan fingerprint density at radius 3 is 1.75 bits per heavy atom. The van der Waals surface area contributed by atoms with Crippen LogP contribution in [0.3, 0.4) is 0 Å². The molecule has 0 aromatic rings. The first-order valence-electron chi connectivity index (χ1n) is 2.39. The molecule has 50 valence electrons. The van der Waals surface area contributed by atoms with Crippen LogP contribution in [0.1, 0.15) is 20.3 Å². The zero-order valence-electron chi connectivity index (χ0n) is 4.92. The lowest BCUT2D eigenvalue weighted by atomic mass is 10.1. The summed E-state index contributed by atoms with van der Waals surface area (Å²) in [5, 5.41) is 0. The van der Waals surface area contributed by atoms with Crippen molar-refractivity contribution in [2.45, 2.75) is 32.4 Å². The van der Waals surface area contributed by atoms with Gasteiger partial charge in [-0.3, -0.25) is 0 Å². The molecule has 0 radical (unpaired) electrons. The smallest absolute Gasteiger partial charge is 0.241 e. The SMILES string of the molecule is CC(C)(F)CC(F)F. The highest BCUT2D eigenvalue weighted by Crippen LogP contribution is 2.18. The number of alkyl halides is 3. The average molecular weight is 126 g/mol. The van der Waals surface area contributed by atoms with Crippen LogP contribution in [0.5, 0.6) is 0 Å². The molecule has 0 aromatic carbocycles. The molecule has 0 atom stereocenters. The third kappa shape index (κ3) is 5.79. The van der Waals surface area contributed by atoms with Crippen molar-refractivity contribution in [1.82, 2.24) is 0 Å². The first-order chi connectivity index (χ1) is 3.42. The van der Waals surface area contributed by atoms with Gasteiger partial charge in [-0.15, -0.1) is 0 Å². The molecule has 0 spiro atoms. The van der Waals surface area contributed by atoms with Gasteiger partial charge >= 0.3 is 0 Å². The Bertz CT molecular complexity index is 62.6. The minimum atomic E-state index is -2.53. The molecule has 0 nitrogen and oxygen atoms in total. The Balaban J connectivity index is 3.39. The van der Waals surface area contributed by atoms with Crippen molar-refractivity contribution in [2.75, 3.05) is 0 Å². The van der Waals surface area contributed by atoms with E-state index >= 15 is 0 Å². The van der Waals surface area contributed by atoms with E-state index in [2.05, 4.69) is 0 Å². The van der Waals surface area contributed by atoms with Gasteiger partial charge in [0.15, 0.2) is 0 Å². The van der Waals surface area contributed by atoms with Gasteiger partial charge in [-0.25, -0.2) is 13.2 Å². The predicted molar refractivity (Wildman–Crippen MR) is 25.8 cm³/mol. The lowest BCUT2D eigenvalue weighted by molar-refractivity contribution is 0.0640. The second kappa shape index (κ2) is 2.37. The molecule has 3 heteroatoms. The molecule has 0 aliphatic carbocycles. The van der Waals surface area contributed by atoms with Gasteiger partial charge in [0, 0.05) is 6.42 Å². The monoisotopic (exact) mass is 126 g/mol. The third-order valence-electron chi connectivity index (χ3n) is 0.640. The first kappa shape index (κ1) is 7.79. The maximum Gasteiger partial charge on any atom is 0.241 e. The van der Waals surface area contributed by atoms with Crippen LogP contribution in [0.25, 0.3) is 0 Å². The van der Waals surface area contributed by atoms with E-state index in [0.29, 0.717) is 0 Å². The van der Waals surface area contributed by atoms with Gasteiger partial charge in [-0.05, 0) is 13.8 Å². The highest BCUT2D eigenvalue weighted by atomic mass is 19.3. The molecule has 0 fully saturated rings. The molecule has 0 aliphatic rings. The average Bonchev–Trinajstić information content (AvgIpc) is 1.21. The van der Waals surface area contributed by atoms with E-state index in [0.717, 1.165) is 13.8 Å². The molecule has 0 N–H and O–H groups in total. The molecule has 0 aromatic heterocycles. The highest BCUT2D eigenvalue weighted by molar-refractivity contribution is 4.65. The van der Waals surface area contributed by atoms with Crippen molar-refractivity contribution in [2.24, 2.45) is 0 Å². The van der Waals surface area contributed by atoms with Gasteiger partial charge < -0.3 is 0 Å². The maximum atomic E-state index is 12.2. The fourth-order valence-corrected chi connectivity index (χ4v) is 0.367. The van der Waals surface area contributed by atoms with Gasteiger partial charge in [0.2, 0.25) is 6.43 Å². The second-order valence-corrected chi connectivity index (χ2v) is 2.31. The summed E-state index contributed by atoms with van der Waals surface area (Å²) in [4.78, 5) is 0. The summed E-state index contributed by atoms with van der Waals surface area (Å²) < 4.78 is 34.7. The van der Waals surface area contributed by atoms with E-state index in [1.54, 1.807) is 0 Å². The molecule has 0 aliphatic heterocycles. The Labute approximate surface area is 46.7 Å². The molecular weight excluding hydrogens is 117 g/mol. The van der Waals surface area contributed by atoms with Crippen molar-refractivity contribution < 1.29 is 13.2 Å². The van der Waals surface area contributed by atoms with E-state index in [1.807, 2.05) is 0 Å². The summed E-state index contributed by atoms with van der Waals surface area (Å²) >= 11 is 0. The van der Waals surface area contributed by atoms with Gasteiger partial charge in [0.1, 0.15) is 5.67 Å². The summed E-state index contributed by atoms with van der Waals surface area (Å²) in [6, 6.07) is 0. The summed E-state index contributed by atoms with van der Waals surface area (Å²) in [7, 11) is 0. The van der Waals surface area contributed by atoms with Gasteiger partial charge in [-0.2, -0.15) is 0 Å². The summed E-state index contributed by atoms with van der Waals surface area (Å²) in [5.74, 6) is 0. The van der Waals surface area contributed by atoms with Crippen LogP contribution >= 0.6 is 0 Å². The van der Waals surface area contributed by atoms with Crippen molar-refractivity contribution >= 4 is 0 Å². The van der Waals surface area contributed by atoms with Crippen LogP contribution in [0.4, 0.5) is 13.2 Å². The van der Waals surface area contributed by atoms with Crippen LogP contribution in [0, 0.1) is 0 Å². The van der Waals surface area contributed by atoms with Crippen molar-refractivity contribution in [1.29, 1.82) is 0 Å². The molecule has 0 amide bonds. The molecule has 8 heavy (non-hydrogen) atoms. The zero-order valence-corrected chi connectivity index (χ0v) is 4.92. The van der Waals surface area contributed by atoms with E-state index < -0.39 is 18.5 Å². The summed E-state index contributed by atoms with van der Waals surface area (Å²) in [6.45, 7) is 2.28. The molecule has 0 bridgehead atoms. The van der Waals surface area contributed by atoms with Crippen molar-refractivity contribution in [3.8, 4) is 0 Å². The van der Waals surface area contributed by atoms with Crippen molar-refractivity contribution in [3.05, 3.63) is 0 Å². The molecule has 0 heterocycles. The van der Waals surface area contributed by atoms with Crippen molar-refractivity contribution in [3.63, 3.8) is 0 Å². The standard InChI is InChI=1S/C5H9F3/c1-5(2,8)3-4(6)7/h4H,3H2,1-2H3. The minimum Gasteiger partial charge on any atom is -0.244 e. The minimum absolute atomic E-state index is 0.674. The van der Waals surface area contributed by atoms with Crippen LogP contribution in [-0.4, -0.2) is 12.1 Å². The van der Waals surface area contributed by atoms with Crippen LogP contribution in [0.2, 0.25) is 0 Å². The zero-order chi connectivity index (χ0) is 6.78. The van der Waals surface area contributed by atoms with E-state index in [4.69, 9.17) is 0 Å². The number of halogens is 3. The number of hydrogen-bond acceptors (Lipinski definition) is 0. The second-order valence-electron chi connectivity index (χ2n) is 2.31. The van der Waals surface area contributed by atoms with Crippen LogP contribution in [-0.2, 0) is 0 Å². The Hall–Kier alpha value is -0.210. The molecule has 0 saturated heterocycles. The maximum absolute atomic E-state index is 12.2. The van der Waals surface area contributed by atoms with E-state index in [1.165, 1.54) is 0 Å². The molecule has 0 rings (SSSR count). The number of rotatable bonds is 2. The topological polar surface area (TPSA) is 0 Å². The lowest BCUT2D eigenvalue weighted by Crippen LogP contribution is -2.15. The highest BCUT2D eigenvalue weighted by Gasteiger charge is 2.20. The fourth-order valence-electron chi connectivity index (χ4n) is 0.367. The Morgan fingerprint density at radius 2 is 1.75 bits per heavy atom. The quantitative estimate of drug-likeness (QED) is 0.533. The van der Waals surface area contributed by atoms with Crippen LogP contribution in [0.15, 0.2) is 0 Å². The van der Waals surface area contributed by atoms with Crippen LogP contribution < -0.4 is 0 Å². The third-order valence-corrected chi connectivity index (χ3v) is 0.640. The largest absolute Gasteiger partial charge is 0.244 e. The normalized spacial score (nSPS) is 12.8. The Kier molecular flexibility index (Phi) is 2.31. The Morgan fingerprint density at radius 1 is 1.38 bits per heavy atom. The van der Waals surface area contributed by atoms with E-state index in [9.17, 15) is 13.2 Å². The lowest BCUT2D eigenvalue weighted by Gasteiger charge is -2.11. The fraction of sp³-hybridized carbons (Fsp3) is 1.00. The van der Waals surface area contributed by atoms with Gasteiger partial charge in [-0.1, -0.05) is 0 Å². The molecule has 0 unspecified atom stereocenters. The van der Waals surface area contributed by atoms with Gasteiger partial charge in [0.05, 0.1) is 0 Å². The predicted octanol–water partition coefficient (Wildman–Crippen LogP) is 2.39. The van der Waals surface area contributed by atoms with E-state index in [-0.39, 0.29) is 0 Å².